The van der Waals surface area contributed by atoms with Gasteiger partial charge in [-0.3, -0.25) is 0 Å². The molecule has 0 spiro atoms. The number of hydrogen-bond acceptors (Lipinski definition) is 4. The quantitative estimate of drug-likeness (QED) is 0.696. The summed E-state index contributed by atoms with van der Waals surface area (Å²) in [4.78, 5) is 12.1. The fraction of sp³-hybridized carbons (Fsp3) is 0.0625. The number of carbonyl (C=O) groups excluding carboxylic acids is 1. The highest BCUT2D eigenvalue weighted by molar-refractivity contribution is 7.81. The van der Waals surface area contributed by atoms with Crippen LogP contribution in [-0.2, 0) is 4.74 Å². The minimum Gasteiger partial charge on any atom is -0.465 e. The molecule has 0 aliphatic heterocycles. The van der Waals surface area contributed by atoms with Crippen molar-refractivity contribution in [2.24, 2.45) is 0 Å². The number of thiocarbonyl (C=S) groups is 1. The number of esters is 1. The van der Waals surface area contributed by atoms with Crippen LogP contribution in [0.2, 0.25) is 0 Å². The van der Waals surface area contributed by atoms with E-state index in [1.807, 2.05) is 6.07 Å². The van der Waals surface area contributed by atoms with Gasteiger partial charge in [0.25, 0.3) is 0 Å². The lowest BCUT2D eigenvalue weighted by Crippen LogP contribution is -2.16. The van der Waals surface area contributed by atoms with E-state index in [4.69, 9.17) is 22.2 Å². The normalized spacial score (nSPS) is 9.52. The highest BCUT2D eigenvalue weighted by Gasteiger charge is 2.14. The SMILES string of the molecule is COC(=O)c1ccccc1C(=S)Nc1ccc(C#N)cc1. The monoisotopic (exact) mass is 296 g/mol. The summed E-state index contributed by atoms with van der Waals surface area (Å²) in [7, 11) is 1.33. The smallest absolute Gasteiger partial charge is 0.338 e. The Hall–Kier alpha value is -2.71. The summed E-state index contributed by atoms with van der Waals surface area (Å²) in [6.45, 7) is 0. The fourth-order valence-corrected chi connectivity index (χ4v) is 2.09. The Morgan fingerprint density at radius 1 is 1.14 bits per heavy atom. The molecule has 2 aromatic carbocycles. The molecule has 0 aliphatic carbocycles. The number of nitrogens with one attached hydrogen (secondary N) is 1. The van der Waals surface area contributed by atoms with E-state index in [0.29, 0.717) is 21.7 Å². The lowest BCUT2D eigenvalue weighted by molar-refractivity contribution is 0.0600. The minimum absolute atomic E-state index is 0.408. The van der Waals surface area contributed by atoms with Crippen LogP contribution in [0.25, 0.3) is 0 Å². The molecule has 0 heterocycles. The molecule has 0 aromatic heterocycles. The van der Waals surface area contributed by atoms with Crippen molar-refractivity contribution in [3.63, 3.8) is 0 Å². The van der Waals surface area contributed by atoms with Gasteiger partial charge in [-0.1, -0.05) is 30.4 Å². The van der Waals surface area contributed by atoms with E-state index >= 15 is 0 Å². The number of nitriles is 1. The number of benzene rings is 2. The van der Waals surface area contributed by atoms with Crippen molar-refractivity contribution in [2.75, 3.05) is 12.4 Å². The minimum atomic E-state index is -0.436. The first-order valence-electron chi connectivity index (χ1n) is 6.14. The third kappa shape index (κ3) is 3.44. The average molecular weight is 296 g/mol. The maximum Gasteiger partial charge on any atom is 0.338 e. The molecular formula is C16H12N2O2S. The summed E-state index contributed by atoms with van der Waals surface area (Å²) >= 11 is 5.33. The number of carbonyl (C=O) groups is 1. The summed E-state index contributed by atoms with van der Waals surface area (Å²) < 4.78 is 4.75. The van der Waals surface area contributed by atoms with Gasteiger partial charge in [0.1, 0.15) is 4.99 Å². The van der Waals surface area contributed by atoms with Gasteiger partial charge in [-0.2, -0.15) is 5.26 Å². The van der Waals surface area contributed by atoms with Crippen molar-refractivity contribution in [1.29, 1.82) is 5.26 Å². The maximum atomic E-state index is 11.7. The number of rotatable bonds is 3. The second-order valence-corrected chi connectivity index (χ2v) is 4.59. The molecule has 0 bridgehead atoms. The standard InChI is InChI=1S/C16H12N2O2S/c1-20-16(19)14-5-3-2-4-13(14)15(21)18-12-8-6-11(10-17)7-9-12/h2-9H,1H3,(H,18,21). The third-order valence-electron chi connectivity index (χ3n) is 2.85. The first-order chi connectivity index (χ1) is 10.2. The topological polar surface area (TPSA) is 62.1 Å². The van der Waals surface area contributed by atoms with Crippen LogP contribution < -0.4 is 5.32 Å². The number of anilines is 1. The highest BCUT2D eigenvalue weighted by atomic mass is 32.1. The fourth-order valence-electron chi connectivity index (χ4n) is 1.80. The van der Waals surface area contributed by atoms with Gasteiger partial charge in [0.15, 0.2) is 0 Å². The molecule has 21 heavy (non-hydrogen) atoms. The molecule has 2 aromatic rings. The van der Waals surface area contributed by atoms with E-state index in [-0.39, 0.29) is 0 Å². The molecule has 0 aliphatic rings. The van der Waals surface area contributed by atoms with Crippen LogP contribution in [0.15, 0.2) is 48.5 Å². The summed E-state index contributed by atoms with van der Waals surface area (Å²) in [6, 6.07) is 15.9. The zero-order valence-electron chi connectivity index (χ0n) is 11.3. The van der Waals surface area contributed by atoms with Gasteiger partial charge in [-0.25, -0.2) is 4.79 Å². The van der Waals surface area contributed by atoms with Gasteiger partial charge in [-0.05, 0) is 30.3 Å². The van der Waals surface area contributed by atoms with E-state index in [0.717, 1.165) is 5.69 Å². The van der Waals surface area contributed by atoms with E-state index in [1.54, 1.807) is 48.5 Å². The number of methoxy groups -OCH3 is 1. The molecule has 0 unspecified atom stereocenters. The predicted molar refractivity (Wildman–Crippen MR) is 84.3 cm³/mol. The molecule has 0 saturated carbocycles. The molecule has 5 heteroatoms. The van der Waals surface area contributed by atoms with Crippen LogP contribution in [0, 0.1) is 11.3 Å². The largest absolute Gasteiger partial charge is 0.465 e. The van der Waals surface area contributed by atoms with Crippen LogP contribution in [0.3, 0.4) is 0 Å². The average Bonchev–Trinajstić information content (AvgIpc) is 2.54. The lowest BCUT2D eigenvalue weighted by atomic mass is 10.1. The molecule has 1 N–H and O–H groups in total. The molecule has 104 valence electrons. The highest BCUT2D eigenvalue weighted by Crippen LogP contribution is 2.15. The molecule has 4 nitrogen and oxygen atoms in total. The van der Waals surface area contributed by atoms with E-state index < -0.39 is 5.97 Å². The molecule has 0 amide bonds. The number of nitrogens with zero attached hydrogens (tertiary/aromatic N) is 1. The zero-order valence-corrected chi connectivity index (χ0v) is 12.1. The van der Waals surface area contributed by atoms with Gasteiger partial charge in [0.2, 0.25) is 0 Å². The maximum absolute atomic E-state index is 11.7. The zero-order chi connectivity index (χ0) is 15.2. The summed E-state index contributed by atoms with van der Waals surface area (Å²) in [6.07, 6.45) is 0. The van der Waals surface area contributed by atoms with Crippen LogP contribution in [-0.4, -0.2) is 18.1 Å². The third-order valence-corrected chi connectivity index (χ3v) is 3.17. The van der Waals surface area contributed by atoms with Gasteiger partial charge >= 0.3 is 5.97 Å². The Balaban J connectivity index is 2.24. The van der Waals surface area contributed by atoms with Crippen molar-refractivity contribution < 1.29 is 9.53 Å². The first-order valence-corrected chi connectivity index (χ1v) is 6.55. The van der Waals surface area contributed by atoms with E-state index in [9.17, 15) is 4.79 Å². The summed E-state index contributed by atoms with van der Waals surface area (Å²) in [5.41, 5.74) is 2.33. The molecule has 0 radical (unpaired) electrons. The molecule has 0 saturated heterocycles. The summed E-state index contributed by atoms with van der Waals surface area (Å²) in [5, 5.41) is 11.8. The van der Waals surface area contributed by atoms with Gasteiger partial charge in [0.05, 0.1) is 24.3 Å². The Bertz CT molecular complexity index is 718. The molecule has 0 fully saturated rings. The van der Waals surface area contributed by atoms with Crippen molar-refractivity contribution >= 4 is 28.9 Å². The van der Waals surface area contributed by atoms with Crippen molar-refractivity contribution in [2.45, 2.75) is 0 Å². The van der Waals surface area contributed by atoms with Gasteiger partial charge in [-0.15, -0.1) is 0 Å². The Kier molecular flexibility index (Phi) is 4.64. The molecular weight excluding hydrogens is 284 g/mol. The van der Waals surface area contributed by atoms with E-state index in [2.05, 4.69) is 5.32 Å². The summed E-state index contributed by atoms with van der Waals surface area (Å²) in [5.74, 6) is -0.436. The second kappa shape index (κ2) is 6.64. The van der Waals surface area contributed by atoms with Crippen LogP contribution in [0.1, 0.15) is 21.5 Å². The first kappa shape index (κ1) is 14.7. The van der Waals surface area contributed by atoms with Gasteiger partial charge < -0.3 is 10.1 Å². The molecule has 2 rings (SSSR count). The predicted octanol–water partition coefficient (Wildman–Crippen LogP) is 3.13. The Labute approximate surface area is 128 Å². The van der Waals surface area contributed by atoms with Gasteiger partial charge in [0, 0.05) is 11.3 Å². The second-order valence-electron chi connectivity index (χ2n) is 4.18. The van der Waals surface area contributed by atoms with Crippen molar-refractivity contribution in [1.82, 2.24) is 0 Å². The Morgan fingerprint density at radius 2 is 1.76 bits per heavy atom. The van der Waals surface area contributed by atoms with Crippen LogP contribution >= 0.6 is 12.2 Å². The molecule has 0 atom stereocenters. The van der Waals surface area contributed by atoms with E-state index in [1.165, 1.54) is 7.11 Å². The van der Waals surface area contributed by atoms with Crippen LogP contribution in [0.4, 0.5) is 5.69 Å². The number of hydrogen-bond donors (Lipinski definition) is 1. The van der Waals surface area contributed by atoms with Crippen LogP contribution in [0.5, 0.6) is 0 Å². The number of ether oxygens (including phenoxy) is 1. The Morgan fingerprint density at radius 3 is 2.33 bits per heavy atom. The lowest BCUT2D eigenvalue weighted by Gasteiger charge is -2.11. The van der Waals surface area contributed by atoms with Crippen molar-refractivity contribution in [3.05, 3.63) is 65.2 Å². The van der Waals surface area contributed by atoms with Crippen molar-refractivity contribution in [3.8, 4) is 6.07 Å².